The first-order valence-corrected chi connectivity index (χ1v) is 12.6. The second-order valence-electron chi connectivity index (χ2n) is 8.66. The van der Waals surface area contributed by atoms with Gasteiger partial charge in [0.1, 0.15) is 30.0 Å². The molecule has 0 spiro atoms. The molecule has 2 aliphatic heterocycles. The normalized spacial score (nSPS) is 17.0. The van der Waals surface area contributed by atoms with Gasteiger partial charge in [0.05, 0.1) is 29.5 Å². The van der Waals surface area contributed by atoms with Gasteiger partial charge in [-0.3, -0.25) is 15.0 Å². The number of nitrogens with one attached hydrogen (secondary N) is 1. The van der Waals surface area contributed by atoms with Crippen molar-refractivity contribution >= 4 is 40.5 Å². The minimum absolute atomic E-state index is 0.0792. The Morgan fingerprint density at radius 3 is 2.97 bits per heavy atom. The molecule has 2 aliphatic rings. The SMILES string of the molecule is O=C(CCc1cscn1)c1ccc2c(n1)N(C(=O)Nc1cc(OC[C@H](O)CO)ccn1)[C@H]1CCN2C1. The number of hydrogen-bond donors (Lipinski definition) is 3. The van der Waals surface area contributed by atoms with Crippen molar-refractivity contribution in [2.24, 2.45) is 0 Å². The summed E-state index contributed by atoms with van der Waals surface area (Å²) < 4.78 is 5.45. The zero-order chi connectivity index (χ0) is 25.1. The maximum Gasteiger partial charge on any atom is 0.329 e. The zero-order valence-electron chi connectivity index (χ0n) is 19.4. The number of aryl methyl sites for hydroxylation is 1. The van der Waals surface area contributed by atoms with Crippen LogP contribution in [0.5, 0.6) is 5.75 Å². The van der Waals surface area contributed by atoms with Gasteiger partial charge in [-0.2, -0.15) is 0 Å². The Hall–Kier alpha value is -3.61. The Labute approximate surface area is 211 Å². The summed E-state index contributed by atoms with van der Waals surface area (Å²) in [7, 11) is 0. The van der Waals surface area contributed by atoms with Crippen LogP contribution >= 0.6 is 11.3 Å². The molecule has 3 N–H and O–H groups in total. The Morgan fingerprint density at radius 1 is 1.28 bits per heavy atom. The fourth-order valence-corrected chi connectivity index (χ4v) is 4.93. The third-order valence-electron chi connectivity index (χ3n) is 6.17. The molecular weight excluding hydrogens is 484 g/mol. The monoisotopic (exact) mass is 510 g/mol. The van der Waals surface area contributed by atoms with Crippen LogP contribution < -0.4 is 19.9 Å². The lowest BCUT2D eigenvalue weighted by atomic mass is 10.1. The van der Waals surface area contributed by atoms with Crippen LogP contribution in [-0.4, -0.2) is 75.4 Å². The van der Waals surface area contributed by atoms with E-state index in [0.29, 0.717) is 30.2 Å². The summed E-state index contributed by atoms with van der Waals surface area (Å²) in [5.41, 5.74) is 3.76. The molecule has 3 aromatic heterocycles. The van der Waals surface area contributed by atoms with Crippen molar-refractivity contribution in [3.05, 3.63) is 52.7 Å². The summed E-state index contributed by atoms with van der Waals surface area (Å²) in [5.74, 6) is 1.02. The molecule has 2 bridgehead atoms. The van der Waals surface area contributed by atoms with E-state index in [1.165, 1.54) is 17.5 Å². The lowest BCUT2D eigenvalue weighted by molar-refractivity contribution is 0.0536. The molecule has 11 nitrogen and oxygen atoms in total. The van der Waals surface area contributed by atoms with Gasteiger partial charge in [0, 0.05) is 37.2 Å². The van der Waals surface area contributed by atoms with Crippen molar-refractivity contribution in [2.45, 2.75) is 31.4 Å². The number of thiazole rings is 1. The van der Waals surface area contributed by atoms with Crippen molar-refractivity contribution in [3.63, 3.8) is 0 Å². The van der Waals surface area contributed by atoms with E-state index in [-0.39, 0.29) is 30.7 Å². The van der Waals surface area contributed by atoms with Crippen molar-refractivity contribution in [2.75, 3.05) is 41.4 Å². The highest BCUT2D eigenvalue weighted by Crippen LogP contribution is 2.39. The first-order valence-electron chi connectivity index (χ1n) is 11.7. The summed E-state index contributed by atoms with van der Waals surface area (Å²) in [4.78, 5) is 43.1. The average molecular weight is 511 g/mol. The Bertz CT molecular complexity index is 1240. The van der Waals surface area contributed by atoms with Crippen molar-refractivity contribution in [1.82, 2.24) is 15.0 Å². The smallest absolute Gasteiger partial charge is 0.329 e. The number of Topliss-reactive ketones (excluding diaryl/α,β-unsaturated/α-hetero) is 1. The molecule has 5 heterocycles. The van der Waals surface area contributed by atoms with E-state index in [1.54, 1.807) is 28.6 Å². The average Bonchev–Trinajstić information content (AvgIpc) is 3.57. The number of aliphatic hydroxyl groups excluding tert-OH is 2. The van der Waals surface area contributed by atoms with Crippen LogP contribution in [0, 0.1) is 0 Å². The van der Waals surface area contributed by atoms with Gasteiger partial charge in [-0.15, -0.1) is 11.3 Å². The minimum atomic E-state index is -1.00. The van der Waals surface area contributed by atoms with Gasteiger partial charge in [0.25, 0.3) is 0 Å². The predicted octanol–water partition coefficient (Wildman–Crippen LogP) is 2.11. The summed E-state index contributed by atoms with van der Waals surface area (Å²) in [6, 6.07) is 6.24. The van der Waals surface area contributed by atoms with Crippen LogP contribution in [0.2, 0.25) is 0 Å². The molecule has 2 amide bonds. The molecule has 3 aromatic rings. The van der Waals surface area contributed by atoms with E-state index in [0.717, 1.165) is 24.3 Å². The number of aliphatic hydroxyl groups is 2. The van der Waals surface area contributed by atoms with Crippen LogP contribution in [0.4, 0.5) is 22.1 Å². The highest BCUT2D eigenvalue weighted by Gasteiger charge is 2.40. The van der Waals surface area contributed by atoms with Crippen LogP contribution in [0.15, 0.2) is 41.4 Å². The fraction of sp³-hybridized carbons (Fsp3) is 0.375. The predicted molar refractivity (Wildman–Crippen MR) is 134 cm³/mol. The maximum absolute atomic E-state index is 13.4. The number of ether oxygens (including phenoxy) is 1. The van der Waals surface area contributed by atoms with Crippen LogP contribution in [0.25, 0.3) is 0 Å². The number of aromatic nitrogens is 3. The number of rotatable bonds is 9. The molecule has 12 heteroatoms. The molecule has 36 heavy (non-hydrogen) atoms. The number of amides is 2. The Kier molecular flexibility index (Phi) is 7.07. The van der Waals surface area contributed by atoms with Gasteiger partial charge in [-0.1, -0.05) is 0 Å². The molecule has 0 unspecified atom stereocenters. The minimum Gasteiger partial charge on any atom is -0.491 e. The second kappa shape index (κ2) is 10.6. The van der Waals surface area contributed by atoms with Gasteiger partial charge in [0.2, 0.25) is 0 Å². The second-order valence-corrected chi connectivity index (χ2v) is 9.37. The van der Waals surface area contributed by atoms with Crippen LogP contribution in [0.1, 0.15) is 29.0 Å². The van der Waals surface area contributed by atoms with E-state index in [4.69, 9.17) is 9.84 Å². The number of urea groups is 1. The quantitative estimate of drug-likeness (QED) is 0.369. The van der Waals surface area contributed by atoms with E-state index < -0.39 is 18.7 Å². The van der Waals surface area contributed by atoms with Gasteiger partial charge in [-0.25, -0.2) is 19.7 Å². The van der Waals surface area contributed by atoms with Crippen LogP contribution in [0.3, 0.4) is 0 Å². The van der Waals surface area contributed by atoms with E-state index in [9.17, 15) is 14.7 Å². The molecule has 0 radical (unpaired) electrons. The van der Waals surface area contributed by atoms with Gasteiger partial charge in [0.15, 0.2) is 11.6 Å². The van der Waals surface area contributed by atoms with Gasteiger partial charge >= 0.3 is 6.03 Å². The first-order chi connectivity index (χ1) is 17.5. The van der Waals surface area contributed by atoms with Gasteiger partial charge < -0.3 is 19.8 Å². The highest BCUT2D eigenvalue weighted by atomic mass is 32.1. The maximum atomic E-state index is 13.4. The topological polar surface area (TPSA) is 141 Å². The van der Waals surface area contributed by atoms with E-state index >= 15 is 0 Å². The first kappa shape index (κ1) is 24.1. The molecule has 5 rings (SSSR count). The molecule has 0 aromatic carbocycles. The number of hydrogen-bond acceptors (Lipinski definition) is 10. The highest BCUT2D eigenvalue weighted by molar-refractivity contribution is 7.07. The number of carbonyl (C=O) groups is 2. The van der Waals surface area contributed by atoms with Crippen molar-refractivity contribution in [1.29, 1.82) is 0 Å². The van der Waals surface area contributed by atoms with Gasteiger partial charge in [-0.05, 0) is 31.0 Å². The molecule has 0 saturated carbocycles. The number of nitrogens with zero attached hydrogens (tertiary/aromatic N) is 5. The number of fused-ring (bicyclic) bond motifs is 4. The summed E-state index contributed by atoms with van der Waals surface area (Å²) in [6.07, 6.45) is 2.09. The summed E-state index contributed by atoms with van der Waals surface area (Å²) in [5, 5.41) is 23.2. The van der Waals surface area contributed by atoms with Crippen molar-refractivity contribution < 1.29 is 24.5 Å². The lowest BCUT2D eigenvalue weighted by Crippen LogP contribution is -2.48. The lowest BCUT2D eigenvalue weighted by Gasteiger charge is -2.35. The zero-order valence-corrected chi connectivity index (χ0v) is 20.2. The Balaban J connectivity index is 1.34. The molecule has 1 saturated heterocycles. The number of carbonyl (C=O) groups excluding carboxylic acids is 2. The Morgan fingerprint density at radius 2 is 2.17 bits per heavy atom. The van der Waals surface area contributed by atoms with E-state index in [2.05, 4.69) is 25.2 Å². The summed E-state index contributed by atoms with van der Waals surface area (Å²) >= 11 is 1.49. The summed E-state index contributed by atoms with van der Waals surface area (Å²) in [6.45, 7) is 0.988. The molecule has 1 fully saturated rings. The fourth-order valence-electron chi connectivity index (χ4n) is 4.34. The molecular formula is C24H26N6O5S. The molecule has 2 atom stereocenters. The largest absolute Gasteiger partial charge is 0.491 e. The molecule has 188 valence electrons. The van der Waals surface area contributed by atoms with Crippen LogP contribution in [-0.2, 0) is 6.42 Å². The molecule has 0 aliphatic carbocycles. The number of ketones is 1. The standard InChI is InChI=1S/C24H26N6O5S/c31-11-17(32)12-35-18-5-7-25-22(9-18)28-24(34)30-16-6-8-29(10-16)20-3-2-19(27-23(20)30)21(33)4-1-15-13-36-14-26-15/h2-3,5,7,9,13-14,16-17,31-32H,1,4,6,8,10-12H2,(H,25,28,34)/t16-,17+/m0/s1. The van der Waals surface area contributed by atoms with Crippen molar-refractivity contribution in [3.8, 4) is 5.75 Å². The number of pyridine rings is 2. The number of anilines is 3. The third-order valence-corrected chi connectivity index (χ3v) is 6.80. The third kappa shape index (κ3) is 5.15. The van der Waals surface area contributed by atoms with E-state index in [1.807, 2.05) is 11.4 Å².